The summed E-state index contributed by atoms with van der Waals surface area (Å²) in [4.78, 5) is 11.8. The van der Waals surface area contributed by atoms with Gasteiger partial charge in [-0.2, -0.15) is 0 Å². The summed E-state index contributed by atoms with van der Waals surface area (Å²) in [5.41, 5.74) is 2.75. The van der Waals surface area contributed by atoms with Crippen molar-refractivity contribution in [3.05, 3.63) is 34.9 Å². The molecule has 0 aliphatic heterocycles. The SMILES string of the molecule is CCCCOCCOC(=O)c1cc(C)cc(C)c1. The first-order valence-electron chi connectivity index (χ1n) is 6.46. The molecule has 0 spiro atoms. The minimum Gasteiger partial charge on any atom is -0.460 e. The molecule has 3 heteroatoms. The third-order valence-electron chi connectivity index (χ3n) is 2.56. The van der Waals surface area contributed by atoms with Gasteiger partial charge in [0.15, 0.2) is 0 Å². The summed E-state index contributed by atoms with van der Waals surface area (Å²) in [6.07, 6.45) is 2.16. The predicted octanol–water partition coefficient (Wildman–Crippen LogP) is 3.28. The number of rotatable bonds is 7. The lowest BCUT2D eigenvalue weighted by atomic mass is 10.1. The zero-order valence-electron chi connectivity index (χ0n) is 11.5. The highest BCUT2D eigenvalue weighted by Gasteiger charge is 2.07. The lowest BCUT2D eigenvalue weighted by molar-refractivity contribution is 0.0313. The van der Waals surface area contributed by atoms with E-state index >= 15 is 0 Å². The van der Waals surface area contributed by atoms with Gasteiger partial charge < -0.3 is 9.47 Å². The van der Waals surface area contributed by atoms with Crippen molar-refractivity contribution in [2.75, 3.05) is 19.8 Å². The van der Waals surface area contributed by atoms with E-state index in [0.29, 0.717) is 18.8 Å². The average Bonchev–Trinajstić information content (AvgIpc) is 2.32. The Labute approximate surface area is 109 Å². The van der Waals surface area contributed by atoms with Crippen LogP contribution >= 0.6 is 0 Å². The highest BCUT2D eigenvalue weighted by atomic mass is 16.6. The summed E-state index contributed by atoms with van der Waals surface area (Å²) in [6.45, 7) is 7.57. The second kappa shape index (κ2) is 7.88. The first-order valence-corrected chi connectivity index (χ1v) is 6.46. The fraction of sp³-hybridized carbons (Fsp3) is 0.533. The van der Waals surface area contributed by atoms with Crippen molar-refractivity contribution in [1.82, 2.24) is 0 Å². The van der Waals surface area contributed by atoms with Gasteiger partial charge in [-0.3, -0.25) is 0 Å². The van der Waals surface area contributed by atoms with E-state index < -0.39 is 0 Å². The van der Waals surface area contributed by atoms with Crippen LogP contribution in [0.2, 0.25) is 0 Å². The molecule has 1 aromatic carbocycles. The van der Waals surface area contributed by atoms with Crippen LogP contribution in [-0.4, -0.2) is 25.8 Å². The second-order valence-corrected chi connectivity index (χ2v) is 4.48. The number of esters is 1. The molecular formula is C15H22O3. The van der Waals surface area contributed by atoms with Crippen LogP contribution in [0.3, 0.4) is 0 Å². The van der Waals surface area contributed by atoms with Gasteiger partial charge in [0, 0.05) is 6.61 Å². The third-order valence-corrected chi connectivity index (χ3v) is 2.56. The first kappa shape index (κ1) is 14.7. The average molecular weight is 250 g/mol. The molecule has 1 aromatic rings. The molecule has 0 N–H and O–H groups in total. The number of carbonyl (C=O) groups excluding carboxylic acids is 1. The number of benzene rings is 1. The van der Waals surface area contributed by atoms with Crippen LogP contribution in [0.15, 0.2) is 18.2 Å². The van der Waals surface area contributed by atoms with Gasteiger partial charge in [-0.25, -0.2) is 4.79 Å². The molecule has 18 heavy (non-hydrogen) atoms. The van der Waals surface area contributed by atoms with Crippen LogP contribution < -0.4 is 0 Å². The van der Waals surface area contributed by atoms with E-state index in [1.54, 1.807) is 0 Å². The van der Waals surface area contributed by atoms with Crippen molar-refractivity contribution >= 4 is 5.97 Å². The summed E-state index contributed by atoms with van der Waals surface area (Å²) in [5, 5.41) is 0. The molecule has 0 aliphatic rings. The van der Waals surface area contributed by atoms with E-state index in [4.69, 9.17) is 9.47 Å². The number of hydrogen-bond donors (Lipinski definition) is 0. The van der Waals surface area contributed by atoms with Gasteiger partial charge in [0.2, 0.25) is 0 Å². The fourth-order valence-corrected chi connectivity index (χ4v) is 1.72. The number of ether oxygens (including phenoxy) is 2. The molecule has 0 radical (unpaired) electrons. The van der Waals surface area contributed by atoms with Crippen molar-refractivity contribution in [3.63, 3.8) is 0 Å². The molecule has 0 bridgehead atoms. The molecule has 100 valence electrons. The summed E-state index contributed by atoms with van der Waals surface area (Å²) < 4.78 is 10.5. The Hall–Kier alpha value is -1.35. The van der Waals surface area contributed by atoms with Crippen molar-refractivity contribution in [1.29, 1.82) is 0 Å². The van der Waals surface area contributed by atoms with E-state index in [-0.39, 0.29) is 5.97 Å². The Bertz CT molecular complexity index is 365. The van der Waals surface area contributed by atoms with Crippen LogP contribution in [0.25, 0.3) is 0 Å². The van der Waals surface area contributed by atoms with E-state index in [1.165, 1.54) is 0 Å². The Morgan fingerprint density at radius 3 is 2.33 bits per heavy atom. The minimum absolute atomic E-state index is 0.277. The van der Waals surface area contributed by atoms with Crippen LogP contribution in [-0.2, 0) is 9.47 Å². The van der Waals surface area contributed by atoms with E-state index in [0.717, 1.165) is 30.6 Å². The van der Waals surface area contributed by atoms with Crippen LogP contribution in [0.4, 0.5) is 0 Å². The Balaban J connectivity index is 2.32. The van der Waals surface area contributed by atoms with E-state index in [1.807, 2.05) is 32.0 Å². The summed E-state index contributed by atoms with van der Waals surface area (Å²) in [6, 6.07) is 5.71. The third kappa shape index (κ3) is 5.32. The van der Waals surface area contributed by atoms with Gasteiger partial charge in [-0.1, -0.05) is 30.5 Å². The molecule has 3 nitrogen and oxygen atoms in total. The molecule has 0 aliphatic carbocycles. The monoisotopic (exact) mass is 250 g/mol. The van der Waals surface area contributed by atoms with Crippen LogP contribution in [0.5, 0.6) is 0 Å². The molecule has 0 amide bonds. The summed E-state index contributed by atoms with van der Waals surface area (Å²) >= 11 is 0. The van der Waals surface area contributed by atoms with Crippen LogP contribution in [0.1, 0.15) is 41.3 Å². The quantitative estimate of drug-likeness (QED) is 0.550. The molecule has 0 aromatic heterocycles. The molecule has 0 fully saturated rings. The molecule has 0 saturated carbocycles. The fourth-order valence-electron chi connectivity index (χ4n) is 1.72. The minimum atomic E-state index is -0.277. The number of unbranched alkanes of at least 4 members (excludes halogenated alkanes) is 1. The van der Waals surface area contributed by atoms with Crippen LogP contribution in [0, 0.1) is 13.8 Å². The lowest BCUT2D eigenvalue weighted by Crippen LogP contribution is -2.11. The van der Waals surface area contributed by atoms with Gasteiger partial charge >= 0.3 is 5.97 Å². The summed E-state index contributed by atoms with van der Waals surface area (Å²) in [7, 11) is 0. The predicted molar refractivity (Wildman–Crippen MR) is 71.9 cm³/mol. The van der Waals surface area contributed by atoms with Gasteiger partial charge in [0.05, 0.1) is 12.2 Å². The van der Waals surface area contributed by atoms with Gasteiger partial charge in [-0.05, 0) is 32.4 Å². The zero-order chi connectivity index (χ0) is 13.4. The molecule has 0 unspecified atom stereocenters. The second-order valence-electron chi connectivity index (χ2n) is 4.48. The smallest absolute Gasteiger partial charge is 0.338 e. The van der Waals surface area contributed by atoms with Crippen molar-refractivity contribution in [2.24, 2.45) is 0 Å². The Kier molecular flexibility index (Phi) is 6.44. The van der Waals surface area contributed by atoms with E-state index in [2.05, 4.69) is 6.92 Å². The van der Waals surface area contributed by atoms with Crippen molar-refractivity contribution < 1.29 is 14.3 Å². The molecule has 1 rings (SSSR count). The molecular weight excluding hydrogens is 228 g/mol. The number of carbonyl (C=O) groups is 1. The number of hydrogen-bond acceptors (Lipinski definition) is 3. The number of aryl methyl sites for hydroxylation is 2. The van der Waals surface area contributed by atoms with E-state index in [9.17, 15) is 4.79 Å². The topological polar surface area (TPSA) is 35.5 Å². The maximum atomic E-state index is 11.8. The molecule has 0 heterocycles. The zero-order valence-corrected chi connectivity index (χ0v) is 11.5. The normalized spacial score (nSPS) is 10.4. The Morgan fingerprint density at radius 2 is 1.72 bits per heavy atom. The lowest BCUT2D eigenvalue weighted by Gasteiger charge is -2.07. The van der Waals surface area contributed by atoms with Gasteiger partial charge in [0.1, 0.15) is 6.61 Å². The largest absolute Gasteiger partial charge is 0.460 e. The highest BCUT2D eigenvalue weighted by molar-refractivity contribution is 5.89. The van der Waals surface area contributed by atoms with Gasteiger partial charge in [0.25, 0.3) is 0 Å². The Morgan fingerprint density at radius 1 is 1.06 bits per heavy atom. The first-order chi connectivity index (χ1) is 8.63. The molecule has 0 atom stereocenters. The highest BCUT2D eigenvalue weighted by Crippen LogP contribution is 2.10. The molecule has 0 saturated heterocycles. The summed E-state index contributed by atoms with van der Waals surface area (Å²) in [5.74, 6) is -0.277. The maximum Gasteiger partial charge on any atom is 0.338 e. The van der Waals surface area contributed by atoms with Crippen molar-refractivity contribution in [3.8, 4) is 0 Å². The van der Waals surface area contributed by atoms with Crippen molar-refractivity contribution in [2.45, 2.75) is 33.6 Å². The maximum absolute atomic E-state index is 11.8. The standard InChI is InChI=1S/C15H22O3/c1-4-5-6-17-7-8-18-15(16)14-10-12(2)9-13(3)11-14/h9-11H,4-8H2,1-3H3. The van der Waals surface area contributed by atoms with Gasteiger partial charge in [-0.15, -0.1) is 0 Å².